The number of aromatic nitrogens is 2. The number of hydrogen-bond acceptors (Lipinski definition) is 4. The molecule has 0 aliphatic carbocycles. The Bertz CT molecular complexity index is 503. The van der Waals surface area contributed by atoms with Crippen LogP contribution in [0, 0.1) is 0 Å². The lowest BCUT2D eigenvalue weighted by Crippen LogP contribution is -2.29. The Morgan fingerprint density at radius 1 is 1.47 bits per heavy atom. The zero-order valence-corrected chi connectivity index (χ0v) is 10.5. The van der Waals surface area contributed by atoms with Gasteiger partial charge < -0.3 is 16.0 Å². The Morgan fingerprint density at radius 2 is 2.24 bits per heavy atom. The SMILES string of the molecule is CC(CN(C)C)Nc1cc2[nH]ncc2cc1N. The molecule has 0 spiro atoms. The van der Waals surface area contributed by atoms with E-state index in [0.717, 1.165) is 28.8 Å². The fraction of sp³-hybridized carbons (Fsp3) is 0.417. The van der Waals surface area contributed by atoms with Crippen molar-refractivity contribution < 1.29 is 0 Å². The summed E-state index contributed by atoms with van der Waals surface area (Å²) in [6, 6.07) is 4.28. The van der Waals surface area contributed by atoms with Gasteiger partial charge >= 0.3 is 0 Å². The third-order valence-electron chi connectivity index (χ3n) is 2.65. The number of nitrogens with one attached hydrogen (secondary N) is 2. The Morgan fingerprint density at radius 3 is 2.94 bits per heavy atom. The van der Waals surface area contributed by atoms with Gasteiger partial charge in [-0.1, -0.05) is 0 Å². The maximum atomic E-state index is 6.01. The van der Waals surface area contributed by atoms with Crippen molar-refractivity contribution in [2.24, 2.45) is 0 Å². The first-order chi connectivity index (χ1) is 8.06. The highest BCUT2D eigenvalue weighted by atomic mass is 15.1. The van der Waals surface area contributed by atoms with Crippen LogP contribution in [0.3, 0.4) is 0 Å². The highest BCUT2D eigenvalue weighted by molar-refractivity contribution is 5.88. The van der Waals surface area contributed by atoms with Gasteiger partial charge in [0.05, 0.1) is 23.1 Å². The number of H-pyrrole nitrogens is 1. The largest absolute Gasteiger partial charge is 0.397 e. The molecule has 1 aromatic carbocycles. The van der Waals surface area contributed by atoms with Gasteiger partial charge in [0.25, 0.3) is 0 Å². The van der Waals surface area contributed by atoms with Crippen molar-refractivity contribution in [3.8, 4) is 0 Å². The summed E-state index contributed by atoms with van der Waals surface area (Å²) >= 11 is 0. The van der Waals surface area contributed by atoms with E-state index in [2.05, 4.69) is 41.4 Å². The molecule has 0 amide bonds. The Hall–Kier alpha value is -1.75. The van der Waals surface area contributed by atoms with Crippen molar-refractivity contribution in [2.45, 2.75) is 13.0 Å². The molecule has 1 atom stereocenters. The van der Waals surface area contributed by atoms with Crippen molar-refractivity contribution in [3.63, 3.8) is 0 Å². The molecule has 0 saturated carbocycles. The molecule has 5 heteroatoms. The molecule has 4 N–H and O–H groups in total. The molecule has 0 aliphatic rings. The first kappa shape index (κ1) is 11.7. The summed E-state index contributed by atoms with van der Waals surface area (Å²) in [5, 5.41) is 11.4. The van der Waals surface area contributed by atoms with Gasteiger partial charge in [-0.3, -0.25) is 5.10 Å². The zero-order chi connectivity index (χ0) is 12.4. The van der Waals surface area contributed by atoms with Gasteiger partial charge in [0.1, 0.15) is 0 Å². The second-order valence-corrected chi connectivity index (χ2v) is 4.70. The fourth-order valence-electron chi connectivity index (χ4n) is 1.99. The van der Waals surface area contributed by atoms with Crippen LogP contribution in [-0.4, -0.2) is 41.8 Å². The summed E-state index contributed by atoms with van der Waals surface area (Å²) in [6.45, 7) is 3.09. The summed E-state index contributed by atoms with van der Waals surface area (Å²) in [5.74, 6) is 0. The standard InChI is InChI=1S/C12H19N5/c1-8(7-17(2)3)15-12-5-11-9(4-10(12)13)6-14-16-11/h4-6,8,15H,7,13H2,1-3H3,(H,14,16). The van der Waals surface area contributed by atoms with E-state index in [1.54, 1.807) is 6.20 Å². The predicted octanol–water partition coefficient (Wildman–Crippen LogP) is 1.51. The highest BCUT2D eigenvalue weighted by Crippen LogP contribution is 2.25. The zero-order valence-electron chi connectivity index (χ0n) is 10.5. The first-order valence-electron chi connectivity index (χ1n) is 5.70. The summed E-state index contributed by atoms with van der Waals surface area (Å²) in [4.78, 5) is 2.14. The molecule has 17 heavy (non-hydrogen) atoms. The maximum absolute atomic E-state index is 6.01. The van der Waals surface area contributed by atoms with E-state index in [1.165, 1.54) is 0 Å². The molecule has 0 bridgehead atoms. The van der Waals surface area contributed by atoms with E-state index in [-0.39, 0.29) is 0 Å². The average molecular weight is 233 g/mol. The summed E-state index contributed by atoms with van der Waals surface area (Å²) in [6.07, 6.45) is 1.78. The number of nitrogen functional groups attached to an aromatic ring is 1. The van der Waals surface area contributed by atoms with Crippen LogP contribution in [0.5, 0.6) is 0 Å². The molecule has 0 fully saturated rings. The quantitative estimate of drug-likeness (QED) is 0.700. The van der Waals surface area contributed by atoms with Crippen molar-refractivity contribution in [3.05, 3.63) is 18.3 Å². The lowest BCUT2D eigenvalue weighted by molar-refractivity contribution is 0.392. The van der Waals surface area contributed by atoms with E-state index in [1.807, 2.05) is 12.1 Å². The number of aromatic amines is 1. The van der Waals surface area contributed by atoms with E-state index in [9.17, 15) is 0 Å². The monoisotopic (exact) mass is 233 g/mol. The lowest BCUT2D eigenvalue weighted by atomic mass is 10.2. The molecule has 2 aromatic rings. The van der Waals surface area contributed by atoms with Gasteiger partial charge in [-0.15, -0.1) is 0 Å². The summed E-state index contributed by atoms with van der Waals surface area (Å²) < 4.78 is 0. The number of benzene rings is 1. The van der Waals surface area contributed by atoms with Crippen LogP contribution in [0.25, 0.3) is 10.9 Å². The van der Waals surface area contributed by atoms with Crippen molar-refractivity contribution in [1.82, 2.24) is 15.1 Å². The normalized spacial score (nSPS) is 13.2. The van der Waals surface area contributed by atoms with Gasteiger partial charge in [0, 0.05) is 18.0 Å². The molecule has 1 aromatic heterocycles. The van der Waals surface area contributed by atoms with Crippen molar-refractivity contribution in [1.29, 1.82) is 0 Å². The Labute approximate surface area is 101 Å². The third kappa shape index (κ3) is 2.68. The molecule has 92 valence electrons. The molecular formula is C12H19N5. The molecule has 0 radical (unpaired) electrons. The topological polar surface area (TPSA) is 70.0 Å². The third-order valence-corrected chi connectivity index (χ3v) is 2.65. The van der Waals surface area contributed by atoms with Crippen LogP contribution in [0.2, 0.25) is 0 Å². The predicted molar refractivity (Wildman–Crippen MR) is 72.1 cm³/mol. The molecule has 0 aliphatic heterocycles. The van der Waals surface area contributed by atoms with Crippen LogP contribution < -0.4 is 11.1 Å². The second-order valence-electron chi connectivity index (χ2n) is 4.70. The Kier molecular flexibility index (Phi) is 3.19. The average Bonchev–Trinajstić information content (AvgIpc) is 2.63. The number of rotatable bonds is 4. The summed E-state index contributed by atoms with van der Waals surface area (Å²) in [5.41, 5.74) is 8.71. The number of fused-ring (bicyclic) bond motifs is 1. The maximum Gasteiger partial charge on any atom is 0.0672 e. The minimum atomic E-state index is 0.340. The van der Waals surface area contributed by atoms with E-state index >= 15 is 0 Å². The minimum absolute atomic E-state index is 0.340. The van der Waals surface area contributed by atoms with Gasteiger partial charge in [-0.05, 0) is 33.2 Å². The van der Waals surface area contributed by atoms with E-state index in [4.69, 9.17) is 5.73 Å². The van der Waals surface area contributed by atoms with Crippen LogP contribution in [0.15, 0.2) is 18.3 Å². The minimum Gasteiger partial charge on any atom is -0.397 e. The van der Waals surface area contributed by atoms with Crippen LogP contribution in [-0.2, 0) is 0 Å². The lowest BCUT2D eigenvalue weighted by Gasteiger charge is -2.20. The smallest absolute Gasteiger partial charge is 0.0672 e. The van der Waals surface area contributed by atoms with Crippen LogP contribution in [0.1, 0.15) is 6.92 Å². The first-order valence-corrected chi connectivity index (χ1v) is 5.70. The van der Waals surface area contributed by atoms with Crippen LogP contribution in [0.4, 0.5) is 11.4 Å². The number of likely N-dealkylation sites (N-methyl/N-ethyl adjacent to an activating group) is 1. The van der Waals surface area contributed by atoms with Gasteiger partial charge in [0.2, 0.25) is 0 Å². The van der Waals surface area contributed by atoms with E-state index < -0.39 is 0 Å². The second kappa shape index (κ2) is 4.63. The van der Waals surface area contributed by atoms with E-state index in [0.29, 0.717) is 6.04 Å². The molecule has 1 heterocycles. The highest BCUT2D eigenvalue weighted by Gasteiger charge is 2.07. The number of anilines is 2. The van der Waals surface area contributed by atoms with Gasteiger partial charge in [-0.25, -0.2) is 0 Å². The Balaban J connectivity index is 2.19. The number of nitrogens with zero attached hydrogens (tertiary/aromatic N) is 2. The number of nitrogens with two attached hydrogens (primary N) is 1. The molecule has 0 saturated heterocycles. The molecule has 1 unspecified atom stereocenters. The summed E-state index contributed by atoms with van der Waals surface area (Å²) in [7, 11) is 4.11. The van der Waals surface area contributed by atoms with Gasteiger partial charge in [-0.2, -0.15) is 5.10 Å². The fourth-order valence-corrected chi connectivity index (χ4v) is 1.99. The molecular weight excluding hydrogens is 214 g/mol. The van der Waals surface area contributed by atoms with Gasteiger partial charge in [0.15, 0.2) is 0 Å². The van der Waals surface area contributed by atoms with Crippen LogP contribution >= 0.6 is 0 Å². The number of hydrogen-bond donors (Lipinski definition) is 3. The van der Waals surface area contributed by atoms with Crippen molar-refractivity contribution >= 4 is 22.3 Å². The van der Waals surface area contributed by atoms with Crippen molar-refractivity contribution in [2.75, 3.05) is 31.7 Å². The molecule has 2 rings (SSSR count). The molecule has 5 nitrogen and oxygen atoms in total.